The largest absolute Gasteiger partial charge is 0.487 e. The SMILES string of the molecule is CC(C)CC#Cc1ccc2c(c1)O[C@@H](CN(C)C(=O)Cc1cccnc1)[C@@H](C)CN([C@@H](C)CO)S2(=O)=O. The van der Waals surface area contributed by atoms with Crippen LogP contribution in [-0.2, 0) is 21.2 Å². The zero-order valence-corrected chi connectivity index (χ0v) is 23.0. The number of carbonyl (C=O) groups is 1. The van der Waals surface area contributed by atoms with Crippen LogP contribution in [0.3, 0.4) is 0 Å². The van der Waals surface area contributed by atoms with Crippen LogP contribution in [0.1, 0.15) is 45.2 Å². The number of aliphatic hydroxyl groups is 1. The van der Waals surface area contributed by atoms with Crippen LogP contribution in [0.5, 0.6) is 5.75 Å². The zero-order chi connectivity index (χ0) is 27.2. The molecule has 2 aromatic rings. The number of amides is 1. The highest BCUT2D eigenvalue weighted by molar-refractivity contribution is 7.89. The van der Waals surface area contributed by atoms with E-state index in [-0.39, 0.29) is 48.6 Å². The molecule has 1 aromatic carbocycles. The Kier molecular flexibility index (Phi) is 9.71. The van der Waals surface area contributed by atoms with Crippen molar-refractivity contribution in [1.29, 1.82) is 0 Å². The summed E-state index contributed by atoms with van der Waals surface area (Å²) in [5, 5.41) is 9.81. The average molecular weight is 528 g/mol. The normalized spacial score (nSPS) is 20.0. The zero-order valence-electron chi connectivity index (χ0n) is 22.2. The lowest BCUT2D eigenvalue weighted by Crippen LogP contribution is -2.50. The molecule has 0 saturated carbocycles. The van der Waals surface area contributed by atoms with Gasteiger partial charge in [-0.3, -0.25) is 9.78 Å². The van der Waals surface area contributed by atoms with Gasteiger partial charge in [-0.25, -0.2) is 8.42 Å². The van der Waals surface area contributed by atoms with Gasteiger partial charge in [-0.05, 0) is 42.7 Å². The molecule has 0 aliphatic carbocycles. The Hall–Kier alpha value is -2.93. The van der Waals surface area contributed by atoms with Crippen molar-refractivity contribution >= 4 is 15.9 Å². The Bertz CT molecular complexity index is 1240. The first-order valence-electron chi connectivity index (χ1n) is 12.6. The fourth-order valence-corrected chi connectivity index (χ4v) is 5.89. The Morgan fingerprint density at radius 2 is 2.05 bits per heavy atom. The molecule has 3 atom stereocenters. The summed E-state index contributed by atoms with van der Waals surface area (Å²) in [7, 11) is -2.22. The molecule has 0 bridgehead atoms. The number of ether oxygens (including phenoxy) is 1. The molecular formula is C28H37N3O5S. The summed E-state index contributed by atoms with van der Waals surface area (Å²) in [5.41, 5.74) is 1.47. The van der Waals surface area contributed by atoms with Crippen LogP contribution in [0.25, 0.3) is 0 Å². The minimum atomic E-state index is -3.93. The molecular weight excluding hydrogens is 490 g/mol. The van der Waals surface area contributed by atoms with Gasteiger partial charge >= 0.3 is 0 Å². The number of carbonyl (C=O) groups excluding carboxylic acids is 1. The quantitative estimate of drug-likeness (QED) is 0.556. The maximum absolute atomic E-state index is 13.6. The first-order valence-corrected chi connectivity index (χ1v) is 14.0. The van der Waals surface area contributed by atoms with Crippen molar-refractivity contribution in [2.75, 3.05) is 26.7 Å². The molecule has 0 spiro atoms. The van der Waals surface area contributed by atoms with E-state index in [4.69, 9.17) is 4.74 Å². The maximum Gasteiger partial charge on any atom is 0.247 e. The highest BCUT2D eigenvalue weighted by atomic mass is 32.2. The summed E-state index contributed by atoms with van der Waals surface area (Å²) < 4.78 is 34.9. The fourth-order valence-electron chi connectivity index (χ4n) is 4.06. The molecule has 1 aliphatic heterocycles. The second-order valence-electron chi connectivity index (χ2n) is 10.1. The van der Waals surface area contributed by atoms with Crippen LogP contribution in [0, 0.1) is 23.7 Å². The number of rotatable bonds is 7. The van der Waals surface area contributed by atoms with Crippen molar-refractivity contribution in [2.24, 2.45) is 11.8 Å². The smallest absolute Gasteiger partial charge is 0.247 e. The summed E-state index contributed by atoms with van der Waals surface area (Å²) in [5.74, 6) is 6.50. The predicted molar refractivity (Wildman–Crippen MR) is 142 cm³/mol. The number of sulfonamides is 1. The molecule has 0 fully saturated rings. The van der Waals surface area contributed by atoms with Crippen LogP contribution in [0.4, 0.5) is 0 Å². The molecule has 1 aromatic heterocycles. The molecule has 1 amide bonds. The number of pyridine rings is 1. The van der Waals surface area contributed by atoms with E-state index in [1.54, 1.807) is 49.5 Å². The second-order valence-corrected chi connectivity index (χ2v) is 12.0. The van der Waals surface area contributed by atoms with Gasteiger partial charge in [-0.2, -0.15) is 4.31 Å². The van der Waals surface area contributed by atoms with E-state index in [0.29, 0.717) is 11.5 Å². The van der Waals surface area contributed by atoms with Crippen molar-refractivity contribution < 1.29 is 23.1 Å². The molecule has 37 heavy (non-hydrogen) atoms. The average Bonchev–Trinajstić information content (AvgIpc) is 2.86. The van der Waals surface area contributed by atoms with Gasteiger partial charge in [0, 0.05) is 49.9 Å². The van der Waals surface area contributed by atoms with Crippen LogP contribution >= 0.6 is 0 Å². The van der Waals surface area contributed by atoms with Crippen molar-refractivity contribution in [1.82, 2.24) is 14.2 Å². The van der Waals surface area contributed by atoms with E-state index in [1.165, 1.54) is 10.4 Å². The first kappa shape index (κ1) is 28.6. The Morgan fingerprint density at radius 1 is 1.30 bits per heavy atom. The van der Waals surface area contributed by atoms with E-state index in [2.05, 4.69) is 30.7 Å². The molecule has 0 unspecified atom stereocenters. The standard InChI is InChI=1S/C28H37N3O5S/c1-20(2)8-6-9-23-11-12-27-25(14-23)36-26(21(3)17-31(22(4)19-32)37(27,34)35)18-30(5)28(33)15-24-10-7-13-29-16-24/h7,10-14,16,20-22,26,32H,8,15,17-19H2,1-5H3/t21-,22-,26-/m0/s1. The Morgan fingerprint density at radius 3 is 2.70 bits per heavy atom. The summed E-state index contributed by atoms with van der Waals surface area (Å²) in [6, 6.07) is 7.88. The molecule has 3 rings (SSSR count). The van der Waals surface area contributed by atoms with Gasteiger partial charge in [-0.15, -0.1) is 0 Å². The Labute approximate surface area is 220 Å². The van der Waals surface area contributed by atoms with Gasteiger partial charge in [-0.1, -0.05) is 38.7 Å². The molecule has 1 aliphatic rings. The number of hydrogen-bond donors (Lipinski definition) is 1. The lowest BCUT2D eigenvalue weighted by molar-refractivity contribution is -0.130. The summed E-state index contributed by atoms with van der Waals surface area (Å²) in [6.07, 6.45) is 3.77. The molecule has 0 saturated heterocycles. The lowest BCUT2D eigenvalue weighted by atomic mass is 10.0. The number of benzene rings is 1. The van der Waals surface area contributed by atoms with Gasteiger partial charge in [0.05, 0.1) is 19.6 Å². The number of aliphatic hydroxyl groups excluding tert-OH is 1. The maximum atomic E-state index is 13.6. The molecule has 9 heteroatoms. The molecule has 8 nitrogen and oxygen atoms in total. The van der Waals surface area contributed by atoms with Crippen LogP contribution in [-0.4, -0.2) is 72.5 Å². The van der Waals surface area contributed by atoms with Crippen molar-refractivity contribution in [3.63, 3.8) is 0 Å². The molecule has 200 valence electrons. The minimum Gasteiger partial charge on any atom is -0.487 e. The topological polar surface area (TPSA) is 100 Å². The first-order chi connectivity index (χ1) is 17.5. The van der Waals surface area contributed by atoms with E-state index in [0.717, 1.165) is 12.0 Å². The van der Waals surface area contributed by atoms with E-state index in [1.807, 2.05) is 13.0 Å². The third-order valence-electron chi connectivity index (χ3n) is 6.37. The highest BCUT2D eigenvalue weighted by Crippen LogP contribution is 2.34. The van der Waals surface area contributed by atoms with Crippen molar-refractivity contribution in [3.8, 4) is 17.6 Å². The van der Waals surface area contributed by atoms with Gasteiger partial charge in [0.1, 0.15) is 16.7 Å². The number of nitrogens with zero attached hydrogens (tertiary/aromatic N) is 3. The highest BCUT2D eigenvalue weighted by Gasteiger charge is 2.38. The van der Waals surface area contributed by atoms with Gasteiger partial charge < -0.3 is 14.7 Å². The van der Waals surface area contributed by atoms with E-state index in [9.17, 15) is 18.3 Å². The monoisotopic (exact) mass is 527 g/mol. The van der Waals surface area contributed by atoms with Crippen LogP contribution in [0.15, 0.2) is 47.6 Å². The van der Waals surface area contributed by atoms with E-state index < -0.39 is 22.2 Å². The van der Waals surface area contributed by atoms with Crippen LogP contribution in [0.2, 0.25) is 0 Å². The number of likely N-dealkylation sites (N-methyl/N-ethyl adjacent to an activating group) is 1. The number of aromatic nitrogens is 1. The van der Waals surface area contributed by atoms with Gasteiger partial charge in [0.2, 0.25) is 15.9 Å². The summed E-state index contributed by atoms with van der Waals surface area (Å²) >= 11 is 0. The molecule has 1 N–H and O–H groups in total. The minimum absolute atomic E-state index is 0.0310. The van der Waals surface area contributed by atoms with Gasteiger partial charge in [0.15, 0.2) is 0 Å². The van der Waals surface area contributed by atoms with Crippen molar-refractivity contribution in [3.05, 3.63) is 53.9 Å². The Balaban J connectivity index is 1.95. The number of hydrogen-bond acceptors (Lipinski definition) is 6. The summed E-state index contributed by atoms with van der Waals surface area (Å²) in [6.45, 7) is 7.85. The van der Waals surface area contributed by atoms with Crippen molar-refractivity contribution in [2.45, 2.75) is 57.6 Å². The third-order valence-corrected chi connectivity index (χ3v) is 8.39. The summed E-state index contributed by atoms with van der Waals surface area (Å²) in [4.78, 5) is 18.6. The number of fused-ring (bicyclic) bond motifs is 1. The van der Waals surface area contributed by atoms with Gasteiger partial charge in [0.25, 0.3) is 0 Å². The second kappa shape index (κ2) is 12.5. The third kappa shape index (κ3) is 7.31. The molecule has 0 radical (unpaired) electrons. The molecule has 2 heterocycles. The fraction of sp³-hybridized carbons (Fsp3) is 0.500. The lowest BCUT2D eigenvalue weighted by Gasteiger charge is -2.37. The predicted octanol–water partition coefficient (Wildman–Crippen LogP) is 2.95. The van der Waals surface area contributed by atoms with E-state index >= 15 is 0 Å². The van der Waals surface area contributed by atoms with Crippen LogP contribution < -0.4 is 4.74 Å².